The van der Waals surface area contributed by atoms with Crippen LogP contribution in [0, 0.1) is 11.6 Å². The molecule has 0 atom stereocenters. The highest BCUT2D eigenvalue weighted by Crippen LogP contribution is 2.22. The fourth-order valence-electron chi connectivity index (χ4n) is 2.89. The molecule has 4 heteroatoms. The maximum absolute atomic E-state index is 13.8. The van der Waals surface area contributed by atoms with Crippen LogP contribution >= 0.6 is 0 Å². The van der Waals surface area contributed by atoms with Gasteiger partial charge in [-0.2, -0.15) is 0 Å². The minimum atomic E-state index is -0.897. The molecule has 0 unspecified atom stereocenters. The third-order valence-corrected chi connectivity index (χ3v) is 4.36. The van der Waals surface area contributed by atoms with Crippen LogP contribution in [-0.4, -0.2) is 11.4 Å². The third-order valence-electron chi connectivity index (χ3n) is 4.36. The Labute approximate surface area is 157 Å². The van der Waals surface area contributed by atoms with E-state index < -0.39 is 17.2 Å². The largest absolute Gasteiger partial charge is 0.347 e. The molecule has 0 radical (unpaired) electrons. The summed E-state index contributed by atoms with van der Waals surface area (Å²) in [6.07, 6.45) is 4.69. The molecule has 0 saturated carbocycles. The van der Waals surface area contributed by atoms with Gasteiger partial charge in [-0.25, -0.2) is 8.78 Å². The lowest BCUT2D eigenvalue weighted by atomic mass is 9.98. The van der Waals surface area contributed by atoms with Gasteiger partial charge in [-0.05, 0) is 49.4 Å². The van der Waals surface area contributed by atoms with Gasteiger partial charge >= 0.3 is 0 Å². The molecule has 0 aliphatic rings. The topological polar surface area (TPSA) is 29.1 Å². The van der Waals surface area contributed by atoms with Crippen molar-refractivity contribution in [1.82, 2.24) is 5.32 Å². The highest BCUT2D eigenvalue weighted by atomic mass is 19.2. The first-order valence-corrected chi connectivity index (χ1v) is 8.78. The summed E-state index contributed by atoms with van der Waals surface area (Å²) in [5.74, 6) is -2.04. The Hall–Kier alpha value is -3.01. The quantitative estimate of drug-likeness (QED) is 0.615. The normalized spacial score (nSPS) is 11.9. The van der Waals surface area contributed by atoms with Gasteiger partial charge in [0.25, 0.3) is 5.91 Å². The lowest BCUT2D eigenvalue weighted by Gasteiger charge is -2.25. The Morgan fingerprint density at radius 3 is 2.52 bits per heavy atom. The summed E-state index contributed by atoms with van der Waals surface area (Å²) >= 11 is 0. The number of carbonyl (C=O) groups excluding carboxylic acids is 1. The van der Waals surface area contributed by atoms with E-state index in [1.807, 2.05) is 56.3 Å². The number of fused-ring (bicyclic) bond motifs is 1. The van der Waals surface area contributed by atoms with Crippen LogP contribution in [0.15, 0.2) is 66.7 Å². The fourth-order valence-corrected chi connectivity index (χ4v) is 2.89. The molecular formula is C23H21F2NO. The molecule has 3 aromatic rings. The zero-order chi connectivity index (χ0) is 19.4. The van der Waals surface area contributed by atoms with Gasteiger partial charge in [0.15, 0.2) is 11.6 Å². The van der Waals surface area contributed by atoms with Gasteiger partial charge in [0.05, 0.1) is 0 Å². The number of halogens is 2. The second kappa shape index (κ2) is 7.70. The summed E-state index contributed by atoms with van der Waals surface area (Å²) < 4.78 is 27.1. The molecule has 27 heavy (non-hydrogen) atoms. The first-order valence-electron chi connectivity index (χ1n) is 8.78. The van der Waals surface area contributed by atoms with Crippen molar-refractivity contribution in [1.29, 1.82) is 0 Å². The van der Waals surface area contributed by atoms with Crippen molar-refractivity contribution in [2.24, 2.45) is 0 Å². The van der Waals surface area contributed by atoms with Crippen molar-refractivity contribution in [3.05, 3.63) is 89.5 Å². The van der Waals surface area contributed by atoms with E-state index in [0.717, 1.165) is 11.6 Å². The lowest BCUT2D eigenvalue weighted by Crippen LogP contribution is -2.42. The van der Waals surface area contributed by atoms with Gasteiger partial charge in [0, 0.05) is 16.5 Å². The van der Waals surface area contributed by atoms with Gasteiger partial charge in [-0.15, -0.1) is 0 Å². The maximum atomic E-state index is 13.8. The SMILES string of the molecule is CC(C)(C/C=C/c1ccccc1)NC(=O)c1ccc2c(F)c(F)ccc2c1. The van der Waals surface area contributed by atoms with Crippen LogP contribution in [0.1, 0.15) is 36.2 Å². The lowest BCUT2D eigenvalue weighted by molar-refractivity contribution is 0.0914. The Morgan fingerprint density at radius 2 is 1.78 bits per heavy atom. The van der Waals surface area contributed by atoms with E-state index in [1.165, 1.54) is 18.2 Å². The number of carbonyl (C=O) groups is 1. The standard InChI is InChI=1S/C23H21F2NO/c1-23(2,14-6-9-16-7-4-3-5-8-16)26-22(27)18-10-12-19-17(15-18)11-13-20(24)21(19)25/h3-13,15H,14H2,1-2H3,(H,26,27)/b9-6+. The summed E-state index contributed by atoms with van der Waals surface area (Å²) in [4.78, 5) is 12.6. The third kappa shape index (κ3) is 4.59. The minimum absolute atomic E-state index is 0.164. The molecule has 0 bridgehead atoms. The van der Waals surface area contributed by atoms with Crippen LogP contribution in [0.3, 0.4) is 0 Å². The first-order chi connectivity index (χ1) is 12.9. The van der Waals surface area contributed by atoms with E-state index in [9.17, 15) is 13.6 Å². The Balaban J connectivity index is 1.71. The van der Waals surface area contributed by atoms with Crippen LogP contribution in [-0.2, 0) is 0 Å². The fraction of sp³-hybridized carbons (Fsp3) is 0.174. The van der Waals surface area contributed by atoms with E-state index in [-0.39, 0.29) is 11.3 Å². The van der Waals surface area contributed by atoms with Crippen molar-refractivity contribution in [2.75, 3.05) is 0 Å². The Bertz CT molecular complexity index is 994. The number of benzene rings is 3. The summed E-state index contributed by atoms with van der Waals surface area (Å²) in [5, 5.41) is 3.64. The highest BCUT2D eigenvalue weighted by Gasteiger charge is 2.20. The monoisotopic (exact) mass is 365 g/mol. The first kappa shape index (κ1) is 18.8. The summed E-state index contributed by atoms with van der Waals surface area (Å²) in [6, 6.07) is 17.0. The minimum Gasteiger partial charge on any atom is -0.347 e. The number of hydrogen-bond donors (Lipinski definition) is 1. The maximum Gasteiger partial charge on any atom is 0.251 e. The molecule has 138 valence electrons. The van der Waals surface area contributed by atoms with Crippen LogP contribution in [0.5, 0.6) is 0 Å². The van der Waals surface area contributed by atoms with Crippen molar-refractivity contribution >= 4 is 22.8 Å². The summed E-state index contributed by atoms with van der Waals surface area (Å²) in [7, 11) is 0. The van der Waals surface area contributed by atoms with Crippen molar-refractivity contribution in [2.45, 2.75) is 25.8 Å². The molecular weight excluding hydrogens is 344 g/mol. The molecule has 0 aliphatic carbocycles. The van der Waals surface area contributed by atoms with Crippen molar-refractivity contribution in [3.63, 3.8) is 0 Å². The van der Waals surface area contributed by atoms with Crippen LogP contribution in [0.25, 0.3) is 16.8 Å². The molecule has 0 aliphatic heterocycles. The molecule has 0 heterocycles. The van der Waals surface area contributed by atoms with Crippen molar-refractivity contribution < 1.29 is 13.6 Å². The molecule has 0 aromatic heterocycles. The molecule has 3 aromatic carbocycles. The average molecular weight is 365 g/mol. The van der Waals surface area contributed by atoms with Crippen molar-refractivity contribution in [3.8, 4) is 0 Å². The van der Waals surface area contributed by atoms with E-state index in [2.05, 4.69) is 5.32 Å². The predicted octanol–water partition coefficient (Wildman–Crippen LogP) is 5.73. The van der Waals surface area contributed by atoms with Crippen LogP contribution < -0.4 is 5.32 Å². The number of rotatable bonds is 5. The molecule has 1 amide bonds. The number of hydrogen-bond acceptors (Lipinski definition) is 1. The molecule has 2 nitrogen and oxygen atoms in total. The predicted molar refractivity (Wildman–Crippen MR) is 106 cm³/mol. The zero-order valence-corrected chi connectivity index (χ0v) is 15.3. The van der Waals surface area contributed by atoms with Gasteiger partial charge < -0.3 is 5.32 Å². The molecule has 0 saturated heterocycles. The molecule has 3 rings (SSSR count). The van der Waals surface area contributed by atoms with E-state index >= 15 is 0 Å². The Kier molecular flexibility index (Phi) is 5.36. The molecule has 0 spiro atoms. The van der Waals surface area contributed by atoms with E-state index in [1.54, 1.807) is 6.07 Å². The van der Waals surface area contributed by atoms with E-state index in [4.69, 9.17) is 0 Å². The average Bonchev–Trinajstić information content (AvgIpc) is 2.65. The van der Waals surface area contributed by atoms with Gasteiger partial charge in [-0.1, -0.05) is 54.6 Å². The summed E-state index contributed by atoms with van der Waals surface area (Å²) in [5.41, 5.74) is 1.06. The molecule has 1 N–H and O–H groups in total. The van der Waals surface area contributed by atoms with Crippen LogP contribution in [0.2, 0.25) is 0 Å². The Morgan fingerprint density at radius 1 is 1.04 bits per heavy atom. The second-order valence-electron chi connectivity index (χ2n) is 7.15. The van der Waals surface area contributed by atoms with Gasteiger partial charge in [0.1, 0.15) is 0 Å². The summed E-state index contributed by atoms with van der Waals surface area (Å²) in [6.45, 7) is 3.88. The van der Waals surface area contributed by atoms with E-state index in [0.29, 0.717) is 17.4 Å². The zero-order valence-electron chi connectivity index (χ0n) is 15.3. The number of nitrogens with one attached hydrogen (secondary N) is 1. The molecule has 0 fully saturated rings. The number of amides is 1. The van der Waals surface area contributed by atoms with Gasteiger partial charge in [0.2, 0.25) is 0 Å². The smallest absolute Gasteiger partial charge is 0.251 e. The van der Waals surface area contributed by atoms with Gasteiger partial charge in [-0.3, -0.25) is 4.79 Å². The highest BCUT2D eigenvalue weighted by molar-refractivity contribution is 5.99. The van der Waals surface area contributed by atoms with Crippen LogP contribution in [0.4, 0.5) is 8.78 Å². The second-order valence-corrected chi connectivity index (χ2v) is 7.15.